The van der Waals surface area contributed by atoms with Crippen molar-refractivity contribution in [2.75, 3.05) is 13.7 Å². The Balaban J connectivity index is 2.84. The lowest BCUT2D eigenvalue weighted by molar-refractivity contribution is -0.108. The van der Waals surface area contributed by atoms with Crippen LogP contribution in [-0.2, 0) is 4.74 Å². The summed E-state index contributed by atoms with van der Waals surface area (Å²) in [5, 5.41) is 10.6. The van der Waals surface area contributed by atoms with E-state index in [1.807, 2.05) is 6.92 Å². The number of ether oxygens (including phenoxy) is 1. The summed E-state index contributed by atoms with van der Waals surface area (Å²) >= 11 is 0. The van der Waals surface area contributed by atoms with Crippen LogP contribution in [0, 0.1) is 10.8 Å². The summed E-state index contributed by atoms with van der Waals surface area (Å²) < 4.78 is 5.33. The fourth-order valence-corrected chi connectivity index (χ4v) is 3.16. The minimum absolute atomic E-state index is 0.0227. The Bertz CT molecular complexity index is 230. The Morgan fingerprint density at radius 1 is 1.44 bits per heavy atom. The third kappa shape index (κ3) is 2.58. The molecule has 16 heavy (non-hydrogen) atoms. The molecular formula is C13H27NO2. The lowest BCUT2D eigenvalue weighted by atomic mass is 9.59. The standard InChI is InChI=1S/C13H27NO2/c1-10(16-4)8-13(9-14)7-5-6-12(2,3)11(13)15/h10-11,15H,5-9,14H2,1-4H3. The summed E-state index contributed by atoms with van der Waals surface area (Å²) in [6, 6.07) is 0. The Labute approximate surface area is 99.4 Å². The van der Waals surface area contributed by atoms with Crippen LogP contribution in [-0.4, -0.2) is 31.0 Å². The van der Waals surface area contributed by atoms with Crippen LogP contribution in [0.1, 0.15) is 46.5 Å². The third-order valence-corrected chi connectivity index (χ3v) is 4.32. The Morgan fingerprint density at radius 3 is 2.56 bits per heavy atom. The molecule has 3 nitrogen and oxygen atoms in total. The van der Waals surface area contributed by atoms with Crippen molar-refractivity contribution >= 4 is 0 Å². The molecule has 1 saturated carbocycles. The number of aliphatic hydroxyl groups excluding tert-OH is 1. The van der Waals surface area contributed by atoms with Crippen molar-refractivity contribution in [1.29, 1.82) is 0 Å². The summed E-state index contributed by atoms with van der Waals surface area (Å²) in [6.07, 6.45) is 3.94. The van der Waals surface area contributed by atoms with E-state index in [4.69, 9.17) is 10.5 Å². The van der Waals surface area contributed by atoms with Crippen molar-refractivity contribution in [2.24, 2.45) is 16.6 Å². The van der Waals surface area contributed by atoms with E-state index in [0.717, 1.165) is 25.7 Å². The molecule has 0 aromatic carbocycles. The van der Waals surface area contributed by atoms with Gasteiger partial charge in [-0.25, -0.2) is 0 Å². The maximum Gasteiger partial charge on any atom is 0.0660 e. The van der Waals surface area contributed by atoms with E-state index in [1.54, 1.807) is 7.11 Å². The molecule has 0 aliphatic heterocycles. The van der Waals surface area contributed by atoms with Gasteiger partial charge >= 0.3 is 0 Å². The van der Waals surface area contributed by atoms with Crippen LogP contribution in [0.2, 0.25) is 0 Å². The zero-order valence-corrected chi connectivity index (χ0v) is 11.1. The molecule has 0 aromatic rings. The average molecular weight is 229 g/mol. The van der Waals surface area contributed by atoms with Crippen molar-refractivity contribution in [1.82, 2.24) is 0 Å². The molecule has 1 aliphatic carbocycles. The molecule has 3 atom stereocenters. The average Bonchev–Trinajstić information content (AvgIpc) is 2.24. The quantitative estimate of drug-likeness (QED) is 0.774. The van der Waals surface area contributed by atoms with Crippen LogP contribution >= 0.6 is 0 Å². The van der Waals surface area contributed by atoms with Crippen LogP contribution in [0.15, 0.2) is 0 Å². The second-order valence-corrected chi connectivity index (χ2v) is 6.06. The minimum Gasteiger partial charge on any atom is -0.392 e. The normalized spacial score (nSPS) is 36.0. The summed E-state index contributed by atoms with van der Waals surface area (Å²) in [5.74, 6) is 0. The third-order valence-electron chi connectivity index (χ3n) is 4.32. The fraction of sp³-hybridized carbons (Fsp3) is 1.00. The molecular weight excluding hydrogens is 202 g/mol. The van der Waals surface area contributed by atoms with Crippen LogP contribution in [0.25, 0.3) is 0 Å². The van der Waals surface area contributed by atoms with Crippen LogP contribution < -0.4 is 5.73 Å². The lowest BCUT2D eigenvalue weighted by Gasteiger charge is -2.50. The number of aliphatic hydroxyl groups is 1. The van der Waals surface area contributed by atoms with Gasteiger partial charge in [0.05, 0.1) is 12.2 Å². The molecule has 0 spiro atoms. The molecule has 0 saturated heterocycles. The first-order chi connectivity index (χ1) is 7.38. The highest BCUT2D eigenvalue weighted by Crippen LogP contribution is 2.48. The van der Waals surface area contributed by atoms with Gasteiger partial charge in [-0.3, -0.25) is 0 Å². The topological polar surface area (TPSA) is 55.5 Å². The summed E-state index contributed by atoms with van der Waals surface area (Å²) in [7, 11) is 1.72. The number of hydrogen-bond acceptors (Lipinski definition) is 3. The molecule has 3 unspecified atom stereocenters. The molecule has 96 valence electrons. The van der Waals surface area contributed by atoms with Gasteiger partial charge in [-0.15, -0.1) is 0 Å². The maximum absolute atomic E-state index is 10.6. The number of rotatable bonds is 4. The van der Waals surface area contributed by atoms with Gasteiger partial charge in [0.25, 0.3) is 0 Å². The van der Waals surface area contributed by atoms with Crippen molar-refractivity contribution in [3.8, 4) is 0 Å². The molecule has 1 aliphatic rings. The van der Waals surface area contributed by atoms with E-state index in [2.05, 4.69) is 13.8 Å². The number of nitrogens with two attached hydrogens (primary N) is 1. The van der Waals surface area contributed by atoms with Crippen molar-refractivity contribution < 1.29 is 9.84 Å². The number of methoxy groups -OCH3 is 1. The van der Waals surface area contributed by atoms with Gasteiger partial charge in [0.15, 0.2) is 0 Å². The predicted octanol–water partition coefficient (Wildman–Crippen LogP) is 1.93. The summed E-state index contributed by atoms with van der Waals surface area (Å²) in [4.78, 5) is 0. The Hall–Kier alpha value is -0.120. The molecule has 0 bridgehead atoms. The molecule has 3 heteroatoms. The molecule has 0 radical (unpaired) electrons. The van der Waals surface area contributed by atoms with Gasteiger partial charge in [-0.2, -0.15) is 0 Å². The molecule has 3 N–H and O–H groups in total. The maximum atomic E-state index is 10.6. The van der Waals surface area contributed by atoms with Gasteiger partial charge in [-0.1, -0.05) is 20.3 Å². The molecule has 1 rings (SSSR count). The van der Waals surface area contributed by atoms with Crippen LogP contribution in [0.3, 0.4) is 0 Å². The van der Waals surface area contributed by atoms with E-state index in [9.17, 15) is 5.11 Å². The van der Waals surface area contributed by atoms with Crippen molar-refractivity contribution in [2.45, 2.75) is 58.7 Å². The largest absolute Gasteiger partial charge is 0.392 e. The van der Waals surface area contributed by atoms with Crippen LogP contribution in [0.4, 0.5) is 0 Å². The Kier molecular flexibility index (Phi) is 4.38. The zero-order chi connectivity index (χ0) is 12.4. The van der Waals surface area contributed by atoms with Crippen LogP contribution in [0.5, 0.6) is 0 Å². The molecule has 1 fully saturated rings. The van der Waals surface area contributed by atoms with Crippen molar-refractivity contribution in [3.05, 3.63) is 0 Å². The van der Waals surface area contributed by atoms with Gasteiger partial charge in [0.1, 0.15) is 0 Å². The molecule has 0 heterocycles. The van der Waals surface area contributed by atoms with Crippen molar-refractivity contribution in [3.63, 3.8) is 0 Å². The highest BCUT2D eigenvalue weighted by Gasteiger charge is 2.48. The first kappa shape index (κ1) is 13.9. The van der Waals surface area contributed by atoms with E-state index >= 15 is 0 Å². The first-order valence-corrected chi connectivity index (χ1v) is 6.29. The summed E-state index contributed by atoms with van der Waals surface area (Å²) in [5.41, 5.74) is 5.76. The Morgan fingerprint density at radius 2 is 2.06 bits per heavy atom. The zero-order valence-electron chi connectivity index (χ0n) is 11.1. The first-order valence-electron chi connectivity index (χ1n) is 6.29. The lowest BCUT2D eigenvalue weighted by Crippen LogP contribution is -2.53. The fourth-order valence-electron chi connectivity index (χ4n) is 3.16. The van der Waals surface area contributed by atoms with Gasteiger partial charge in [0.2, 0.25) is 0 Å². The van der Waals surface area contributed by atoms with E-state index in [-0.39, 0.29) is 23.0 Å². The highest BCUT2D eigenvalue weighted by atomic mass is 16.5. The minimum atomic E-state index is -0.323. The predicted molar refractivity (Wildman–Crippen MR) is 66.2 cm³/mol. The molecule has 0 amide bonds. The highest BCUT2D eigenvalue weighted by molar-refractivity contribution is 4.99. The second-order valence-electron chi connectivity index (χ2n) is 6.06. The van der Waals surface area contributed by atoms with Gasteiger partial charge < -0.3 is 15.6 Å². The smallest absolute Gasteiger partial charge is 0.0660 e. The molecule has 0 aromatic heterocycles. The monoisotopic (exact) mass is 229 g/mol. The van der Waals surface area contributed by atoms with Gasteiger partial charge in [0, 0.05) is 19.1 Å². The summed E-state index contributed by atoms with van der Waals surface area (Å²) in [6.45, 7) is 6.87. The van der Waals surface area contributed by atoms with Gasteiger partial charge in [-0.05, 0) is 31.6 Å². The van der Waals surface area contributed by atoms with E-state index < -0.39 is 0 Å². The number of hydrogen-bond donors (Lipinski definition) is 2. The second kappa shape index (κ2) is 5.03. The SMILES string of the molecule is COC(C)CC1(CN)CCCC(C)(C)C1O. The van der Waals surface area contributed by atoms with E-state index in [0.29, 0.717) is 6.54 Å². The van der Waals surface area contributed by atoms with E-state index in [1.165, 1.54) is 0 Å².